The van der Waals surface area contributed by atoms with E-state index < -0.39 is 0 Å². The molecule has 2 aromatic carbocycles. The molecule has 172 valence electrons. The first kappa shape index (κ1) is 24.0. The second-order valence-corrected chi connectivity index (χ2v) is 9.86. The monoisotopic (exact) mass is 519 g/mol. The number of hydrogen-bond donors (Lipinski definition) is 1. The molecule has 0 bridgehead atoms. The molecule has 1 fully saturated rings. The van der Waals surface area contributed by atoms with Crippen LogP contribution in [0.15, 0.2) is 54.6 Å². The molecule has 0 atom stereocenters. The van der Waals surface area contributed by atoms with Gasteiger partial charge in [-0.3, -0.25) is 4.90 Å². The van der Waals surface area contributed by atoms with Crippen LogP contribution in [-0.2, 0) is 11.3 Å². The van der Waals surface area contributed by atoms with E-state index in [0.29, 0.717) is 32.3 Å². The molecule has 4 rings (SSSR count). The van der Waals surface area contributed by atoms with Crippen molar-refractivity contribution < 1.29 is 9.53 Å². The molecule has 2 heterocycles. The highest BCUT2D eigenvalue weighted by atomic mass is 35.5. The van der Waals surface area contributed by atoms with Gasteiger partial charge in [-0.15, -0.1) is 11.3 Å². The smallest absolute Gasteiger partial charge is 0.340 e. The maximum atomic E-state index is 12.4. The van der Waals surface area contributed by atoms with Gasteiger partial charge in [-0.2, -0.15) is 0 Å². The number of anilines is 1. The lowest BCUT2D eigenvalue weighted by molar-refractivity contribution is 0.0602. The normalized spacial score (nSPS) is 14.2. The molecule has 0 amide bonds. The summed E-state index contributed by atoms with van der Waals surface area (Å²) in [5, 5.41) is 5.94. The molecule has 0 saturated carbocycles. The van der Waals surface area contributed by atoms with Crippen LogP contribution >= 0.6 is 46.8 Å². The van der Waals surface area contributed by atoms with E-state index in [1.54, 1.807) is 0 Å². The molecule has 0 unspecified atom stereocenters. The fourth-order valence-corrected chi connectivity index (χ4v) is 5.60. The van der Waals surface area contributed by atoms with Gasteiger partial charge in [-0.05, 0) is 36.0 Å². The van der Waals surface area contributed by atoms with Gasteiger partial charge in [-0.25, -0.2) is 4.79 Å². The summed E-state index contributed by atoms with van der Waals surface area (Å²) in [7, 11) is 1.38. The number of thiocarbonyl (C=S) groups is 1. The van der Waals surface area contributed by atoms with Crippen LogP contribution in [0.5, 0.6) is 0 Å². The fraction of sp³-hybridized carbons (Fsp3) is 0.250. The molecule has 33 heavy (non-hydrogen) atoms. The first-order valence-corrected chi connectivity index (χ1v) is 12.4. The lowest BCUT2D eigenvalue weighted by Crippen LogP contribution is -2.49. The number of benzene rings is 2. The highest BCUT2D eigenvalue weighted by Gasteiger charge is 2.23. The molecule has 5 nitrogen and oxygen atoms in total. The highest BCUT2D eigenvalue weighted by molar-refractivity contribution is 7.80. The number of nitrogens with one attached hydrogen (secondary N) is 1. The van der Waals surface area contributed by atoms with Gasteiger partial charge in [0.05, 0.1) is 12.7 Å². The number of carbonyl (C=O) groups excluding carboxylic acids is 1. The summed E-state index contributed by atoms with van der Waals surface area (Å²) in [4.78, 5) is 17.8. The Labute approximate surface area is 212 Å². The van der Waals surface area contributed by atoms with Crippen molar-refractivity contribution in [2.45, 2.75) is 6.54 Å². The number of esters is 1. The number of halogens is 2. The predicted octanol–water partition coefficient (Wildman–Crippen LogP) is 6.02. The zero-order chi connectivity index (χ0) is 23.4. The number of ether oxygens (including phenoxy) is 1. The third kappa shape index (κ3) is 5.67. The van der Waals surface area contributed by atoms with Crippen LogP contribution < -0.4 is 5.32 Å². The number of nitrogens with zero attached hydrogens (tertiary/aromatic N) is 2. The SMILES string of the molecule is COC(=O)c1cc(-c2ccccc2)sc1NC(=S)N1CCN(Cc2c(Cl)cccc2Cl)CC1. The van der Waals surface area contributed by atoms with Crippen LogP contribution in [0.2, 0.25) is 10.0 Å². The molecule has 1 N–H and O–H groups in total. The van der Waals surface area contributed by atoms with E-state index in [1.165, 1.54) is 18.4 Å². The molecule has 1 aliphatic rings. The average Bonchev–Trinajstić information content (AvgIpc) is 3.25. The summed E-state index contributed by atoms with van der Waals surface area (Å²) < 4.78 is 4.99. The molecule has 3 aromatic rings. The topological polar surface area (TPSA) is 44.8 Å². The van der Waals surface area contributed by atoms with Gasteiger partial charge in [0.1, 0.15) is 5.00 Å². The minimum atomic E-state index is -0.389. The largest absolute Gasteiger partial charge is 0.465 e. The molecule has 0 spiro atoms. The summed E-state index contributed by atoms with van der Waals surface area (Å²) in [6, 6.07) is 17.4. The predicted molar refractivity (Wildman–Crippen MR) is 141 cm³/mol. The van der Waals surface area contributed by atoms with Crippen molar-refractivity contribution in [3.05, 3.63) is 75.8 Å². The van der Waals surface area contributed by atoms with Gasteiger partial charge < -0.3 is 15.0 Å². The van der Waals surface area contributed by atoms with E-state index in [4.69, 9.17) is 40.2 Å². The Bertz CT molecular complexity index is 1130. The molecular weight excluding hydrogens is 497 g/mol. The second-order valence-electron chi connectivity index (χ2n) is 7.60. The molecular formula is C24H23Cl2N3O2S2. The van der Waals surface area contributed by atoms with Crippen molar-refractivity contribution in [3.63, 3.8) is 0 Å². The van der Waals surface area contributed by atoms with E-state index in [9.17, 15) is 4.79 Å². The first-order valence-electron chi connectivity index (χ1n) is 10.4. The number of hydrogen-bond acceptors (Lipinski definition) is 5. The second kappa shape index (κ2) is 10.8. The van der Waals surface area contributed by atoms with E-state index >= 15 is 0 Å². The van der Waals surface area contributed by atoms with Crippen molar-refractivity contribution in [1.82, 2.24) is 9.80 Å². The van der Waals surface area contributed by atoms with E-state index in [2.05, 4.69) is 15.1 Å². The third-order valence-electron chi connectivity index (χ3n) is 5.52. The van der Waals surface area contributed by atoms with Gasteiger partial charge in [0.15, 0.2) is 5.11 Å². The number of carbonyl (C=O) groups is 1. The van der Waals surface area contributed by atoms with Gasteiger partial charge in [0, 0.05) is 53.2 Å². The Hall–Kier alpha value is -2.16. The summed E-state index contributed by atoms with van der Waals surface area (Å²) >= 11 is 19.8. The van der Waals surface area contributed by atoms with Gasteiger partial charge >= 0.3 is 5.97 Å². The Morgan fingerprint density at radius 2 is 1.73 bits per heavy atom. The van der Waals surface area contributed by atoms with Crippen molar-refractivity contribution in [2.75, 3.05) is 38.6 Å². The van der Waals surface area contributed by atoms with Crippen LogP contribution in [0.25, 0.3) is 10.4 Å². The summed E-state index contributed by atoms with van der Waals surface area (Å²) in [6.07, 6.45) is 0. The number of methoxy groups -OCH3 is 1. The van der Waals surface area contributed by atoms with E-state index in [0.717, 1.165) is 42.2 Å². The van der Waals surface area contributed by atoms with Crippen LogP contribution in [-0.4, -0.2) is 54.2 Å². The van der Waals surface area contributed by atoms with Gasteiger partial charge in [-0.1, -0.05) is 59.6 Å². The number of rotatable bonds is 5. The molecule has 1 saturated heterocycles. The van der Waals surface area contributed by atoms with Crippen molar-refractivity contribution in [1.29, 1.82) is 0 Å². The Kier molecular flexibility index (Phi) is 7.88. The lowest BCUT2D eigenvalue weighted by Gasteiger charge is -2.36. The number of thiophene rings is 1. The summed E-state index contributed by atoms with van der Waals surface area (Å²) in [6.45, 7) is 3.88. The van der Waals surface area contributed by atoms with Gasteiger partial charge in [0.2, 0.25) is 0 Å². The summed E-state index contributed by atoms with van der Waals surface area (Å²) in [5.41, 5.74) is 2.47. The average molecular weight is 521 g/mol. The Balaban J connectivity index is 1.42. The van der Waals surface area contributed by atoms with E-state index in [-0.39, 0.29) is 5.97 Å². The molecule has 0 aliphatic carbocycles. The third-order valence-corrected chi connectivity index (χ3v) is 7.69. The van der Waals surface area contributed by atoms with Crippen LogP contribution in [0.3, 0.4) is 0 Å². The van der Waals surface area contributed by atoms with Crippen molar-refractivity contribution in [3.8, 4) is 10.4 Å². The molecule has 1 aromatic heterocycles. The van der Waals surface area contributed by atoms with Gasteiger partial charge in [0.25, 0.3) is 0 Å². The molecule has 9 heteroatoms. The van der Waals surface area contributed by atoms with Crippen LogP contribution in [0, 0.1) is 0 Å². The van der Waals surface area contributed by atoms with Crippen molar-refractivity contribution in [2.24, 2.45) is 0 Å². The Morgan fingerprint density at radius 1 is 1.06 bits per heavy atom. The standard InChI is InChI=1S/C24H23Cl2N3O2S2/c1-31-23(30)17-14-21(16-6-3-2-4-7-16)33-22(17)27-24(32)29-12-10-28(11-13-29)15-18-19(25)8-5-9-20(18)26/h2-9,14H,10-13,15H2,1H3,(H,27,32). The van der Waals surface area contributed by atoms with Crippen LogP contribution in [0.1, 0.15) is 15.9 Å². The highest BCUT2D eigenvalue weighted by Crippen LogP contribution is 2.36. The zero-order valence-electron chi connectivity index (χ0n) is 18.0. The lowest BCUT2D eigenvalue weighted by atomic mass is 10.1. The fourth-order valence-electron chi connectivity index (χ4n) is 3.68. The molecule has 0 radical (unpaired) electrons. The minimum Gasteiger partial charge on any atom is -0.465 e. The summed E-state index contributed by atoms with van der Waals surface area (Å²) in [5.74, 6) is -0.389. The maximum Gasteiger partial charge on any atom is 0.340 e. The first-order chi connectivity index (χ1) is 16.0. The van der Waals surface area contributed by atoms with Crippen molar-refractivity contribution >= 4 is 62.8 Å². The quantitative estimate of drug-likeness (QED) is 0.328. The molecule has 1 aliphatic heterocycles. The minimum absolute atomic E-state index is 0.389. The zero-order valence-corrected chi connectivity index (χ0v) is 21.2. The Morgan fingerprint density at radius 3 is 2.36 bits per heavy atom. The maximum absolute atomic E-state index is 12.4. The van der Waals surface area contributed by atoms with E-state index in [1.807, 2.05) is 54.6 Å². The number of piperazine rings is 1. The van der Waals surface area contributed by atoms with Crippen LogP contribution in [0.4, 0.5) is 5.00 Å².